The van der Waals surface area contributed by atoms with E-state index in [0.717, 1.165) is 37.1 Å². The molecule has 0 unspecified atom stereocenters. The highest BCUT2D eigenvalue weighted by Crippen LogP contribution is 2.31. The molecule has 0 spiro atoms. The van der Waals surface area contributed by atoms with E-state index < -0.39 is 5.69 Å². The fourth-order valence-electron chi connectivity index (χ4n) is 4.19. The number of halogens is 1. The maximum absolute atomic E-state index is 13.0. The van der Waals surface area contributed by atoms with Gasteiger partial charge in [-0.1, -0.05) is 31.2 Å². The van der Waals surface area contributed by atoms with Gasteiger partial charge in [-0.25, -0.2) is 4.79 Å². The second-order valence-corrected chi connectivity index (χ2v) is 9.24. The second kappa shape index (κ2) is 7.47. The highest BCUT2D eigenvalue weighted by Gasteiger charge is 2.22. The van der Waals surface area contributed by atoms with Gasteiger partial charge in [0.15, 0.2) is 11.2 Å². The van der Waals surface area contributed by atoms with Gasteiger partial charge in [0.05, 0.1) is 11.4 Å². The predicted octanol–water partition coefficient (Wildman–Crippen LogP) is 3.82. The number of hydrogen-bond donors (Lipinski definition) is 0. The average Bonchev–Trinajstić information content (AvgIpc) is 3.33. The highest BCUT2D eigenvalue weighted by molar-refractivity contribution is 14.1. The van der Waals surface area contributed by atoms with Gasteiger partial charge in [-0.2, -0.15) is 4.98 Å². The van der Waals surface area contributed by atoms with E-state index in [1.54, 1.807) is 11.4 Å². The summed E-state index contributed by atoms with van der Waals surface area (Å²) in [7, 11) is 3.13. The fourth-order valence-corrected chi connectivity index (χ4v) is 4.84. The van der Waals surface area contributed by atoms with Crippen molar-refractivity contribution in [2.24, 2.45) is 14.1 Å². The third-order valence-electron chi connectivity index (χ3n) is 6.02. The Hall–Kier alpha value is -3.14. The number of fused-ring (bicyclic) bond motifs is 3. The molecule has 0 N–H and O–H groups in total. The molecule has 0 amide bonds. The van der Waals surface area contributed by atoms with Crippen molar-refractivity contribution in [3.05, 3.63) is 84.2 Å². The van der Waals surface area contributed by atoms with Crippen molar-refractivity contribution in [3.8, 4) is 16.9 Å². The number of rotatable bonds is 3. The Morgan fingerprint density at radius 1 is 1.00 bits per heavy atom. The zero-order valence-electron chi connectivity index (χ0n) is 18.3. The van der Waals surface area contributed by atoms with Crippen molar-refractivity contribution < 1.29 is 0 Å². The topological polar surface area (TPSA) is 66.2 Å². The third kappa shape index (κ3) is 2.96. The summed E-state index contributed by atoms with van der Waals surface area (Å²) >= 11 is 2.30. The largest absolute Gasteiger partial charge is 0.332 e. The minimum absolute atomic E-state index is 0.361. The van der Waals surface area contributed by atoms with Gasteiger partial charge in [0.1, 0.15) is 0 Å². The number of hydrogen-bond acceptors (Lipinski definition) is 3. The van der Waals surface area contributed by atoms with Crippen LogP contribution in [0.15, 0.2) is 58.3 Å². The first-order chi connectivity index (χ1) is 15.3. The van der Waals surface area contributed by atoms with Gasteiger partial charge in [-0.3, -0.25) is 22.9 Å². The van der Waals surface area contributed by atoms with Gasteiger partial charge in [-0.05, 0) is 65.3 Å². The molecule has 0 aliphatic rings. The minimum Gasteiger partial charge on any atom is -0.279 e. The Labute approximate surface area is 197 Å². The highest BCUT2D eigenvalue weighted by atomic mass is 127. The molecule has 0 radical (unpaired) electrons. The summed E-state index contributed by atoms with van der Waals surface area (Å²) in [6, 6.07) is 14.7. The van der Waals surface area contributed by atoms with Crippen LogP contribution in [0.25, 0.3) is 33.9 Å². The van der Waals surface area contributed by atoms with Crippen molar-refractivity contribution in [3.63, 3.8) is 0 Å². The molecule has 32 heavy (non-hydrogen) atoms. The van der Waals surface area contributed by atoms with Gasteiger partial charge < -0.3 is 0 Å². The molecule has 8 heteroatoms. The Kier molecular flexibility index (Phi) is 4.85. The standard InChI is InChI=1S/C24H22IN5O2/c1-5-15-6-8-16(9-7-15)19-13-29-20-21(27(3)24(32)28(4)22(20)31)26-23(29)30(19)18-11-10-17(25)12-14(18)2/h6-13H,5H2,1-4H3. The molecule has 3 aromatic heterocycles. The zero-order chi connectivity index (χ0) is 22.7. The quantitative estimate of drug-likeness (QED) is 0.328. The van der Waals surface area contributed by atoms with Crippen LogP contribution in [0.4, 0.5) is 0 Å². The summed E-state index contributed by atoms with van der Waals surface area (Å²) in [5.41, 5.74) is 5.29. The number of imidazole rings is 2. The van der Waals surface area contributed by atoms with Gasteiger partial charge in [0.25, 0.3) is 5.56 Å². The first-order valence-electron chi connectivity index (χ1n) is 10.4. The maximum atomic E-state index is 13.0. The molecule has 0 aliphatic heterocycles. The van der Waals surface area contributed by atoms with E-state index in [0.29, 0.717) is 16.9 Å². The number of benzene rings is 2. The molecule has 0 fully saturated rings. The van der Waals surface area contributed by atoms with Crippen LogP contribution in [0.1, 0.15) is 18.1 Å². The molecule has 7 nitrogen and oxygen atoms in total. The van der Waals surface area contributed by atoms with Crippen LogP contribution in [0.5, 0.6) is 0 Å². The molecule has 5 rings (SSSR count). The van der Waals surface area contributed by atoms with Crippen molar-refractivity contribution in [1.82, 2.24) is 23.1 Å². The van der Waals surface area contributed by atoms with Crippen LogP contribution in [0.2, 0.25) is 0 Å². The number of aryl methyl sites for hydroxylation is 3. The van der Waals surface area contributed by atoms with E-state index in [1.807, 2.05) is 6.20 Å². The number of nitrogens with zero attached hydrogens (tertiary/aromatic N) is 5. The van der Waals surface area contributed by atoms with Crippen LogP contribution in [-0.4, -0.2) is 23.1 Å². The van der Waals surface area contributed by atoms with E-state index in [9.17, 15) is 9.59 Å². The maximum Gasteiger partial charge on any atom is 0.332 e. The first kappa shape index (κ1) is 20.7. The molecule has 0 aliphatic carbocycles. The SMILES string of the molecule is CCc1ccc(-c2cn3c4c(=O)n(C)c(=O)n(C)c4nc3n2-c2ccc(I)cc2C)cc1. The van der Waals surface area contributed by atoms with Crippen LogP contribution in [0.3, 0.4) is 0 Å². The van der Waals surface area contributed by atoms with E-state index in [1.165, 1.54) is 17.2 Å². The smallest absolute Gasteiger partial charge is 0.279 e. The summed E-state index contributed by atoms with van der Waals surface area (Å²) < 4.78 is 7.56. The number of aromatic nitrogens is 5. The summed E-state index contributed by atoms with van der Waals surface area (Å²) in [6.07, 6.45) is 2.91. The second-order valence-electron chi connectivity index (χ2n) is 7.99. The minimum atomic E-state index is -0.393. The van der Waals surface area contributed by atoms with Crippen LogP contribution in [-0.2, 0) is 20.5 Å². The van der Waals surface area contributed by atoms with Gasteiger partial charge >= 0.3 is 5.69 Å². The fraction of sp³-hybridized carbons (Fsp3) is 0.208. The van der Waals surface area contributed by atoms with Crippen LogP contribution < -0.4 is 11.2 Å². The molecule has 162 valence electrons. The molecule has 0 saturated carbocycles. The molecular weight excluding hydrogens is 517 g/mol. The lowest BCUT2D eigenvalue weighted by Gasteiger charge is -2.12. The lowest BCUT2D eigenvalue weighted by Crippen LogP contribution is -2.37. The van der Waals surface area contributed by atoms with Crippen LogP contribution >= 0.6 is 22.6 Å². The Morgan fingerprint density at radius 3 is 2.38 bits per heavy atom. The summed E-state index contributed by atoms with van der Waals surface area (Å²) in [5, 5.41) is 0. The van der Waals surface area contributed by atoms with Gasteiger partial charge in [0, 0.05) is 29.4 Å². The Balaban J connectivity index is 1.94. The van der Waals surface area contributed by atoms with Crippen molar-refractivity contribution in [1.29, 1.82) is 0 Å². The molecule has 5 aromatic rings. The normalized spacial score (nSPS) is 11.7. The zero-order valence-corrected chi connectivity index (χ0v) is 20.4. The van der Waals surface area contributed by atoms with Crippen molar-refractivity contribution in [2.75, 3.05) is 0 Å². The summed E-state index contributed by atoms with van der Waals surface area (Å²) in [4.78, 5) is 30.3. The molecule has 0 bridgehead atoms. The molecule has 3 heterocycles. The molecule has 0 saturated heterocycles. The van der Waals surface area contributed by atoms with E-state index in [4.69, 9.17) is 4.98 Å². The van der Waals surface area contributed by atoms with Crippen LogP contribution in [0, 0.1) is 10.5 Å². The molecular formula is C24H22IN5O2. The van der Waals surface area contributed by atoms with E-state index in [-0.39, 0.29) is 5.56 Å². The molecule has 0 atom stereocenters. The third-order valence-corrected chi connectivity index (χ3v) is 6.69. The van der Waals surface area contributed by atoms with Crippen molar-refractivity contribution >= 4 is 39.5 Å². The van der Waals surface area contributed by atoms with Gasteiger partial charge in [-0.15, -0.1) is 0 Å². The Bertz CT molecular complexity index is 1630. The summed E-state index contributed by atoms with van der Waals surface area (Å²) in [6.45, 7) is 4.20. The molecule has 2 aromatic carbocycles. The lowest BCUT2D eigenvalue weighted by molar-refractivity contribution is 0.708. The van der Waals surface area contributed by atoms with E-state index in [2.05, 4.69) is 83.5 Å². The lowest BCUT2D eigenvalue weighted by atomic mass is 10.1. The Morgan fingerprint density at radius 2 is 1.72 bits per heavy atom. The predicted molar refractivity (Wildman–Crippen MR) is 135 cm³/mol. The first-order valence-corrected chi connectivity index (χ1v) is 11.4. The summed E-state index contributed by atoms with van der Waals surface area (Å²) in [5.74, 6) is 0.595. The van der Waals surface area contributed by atoms with Crippen molar-refractivity contribution in [2.45, 2.75) is 20.3 Å². The van der Waals surface area contributed by atoms with E-state index >= 15 is 0 Å². The van der Waals surface area contributed by atoms with Gasteiger partial charge in [0.2, 0.25) is 5.78 Å². The average molecular weight is 539 g/mol. The monoisotopic (exact) mass is 539 g/mol.